The number of aromatic nitrogens is 2. The summed E-state index contributed by atoms with van der Waals surface area (Å²) in [6, 6.07) is 1.58. The average Bonchev–Trinajstić information content (AvgIpc) is 3.35. The third-order valence-corrected chi connectivity index (χ3v) is 5.75. The van der Waals surface area contributed by atoms with Crippen LogP contribution in [0, 0.1) is 11.8 Å². The van der Waals surface area contributed by atoms with Crippen LogP contribution in [0.25, 0.3) is 10.7 Å². The van der Waals surface area contributed by atoms with Crippen molar-refractivity contribution in [1.82, 2.24) is 19.4 Å². The molecule has 26 heavy (non-hydrogen) atoms. The van der Waals surface area contributed by atoms with E-state index in [1.165, 1.54) is 16.2 Å². The fourth-order valence-electron chi connectivity index (χ4n) is 3.61. The number of carbonyl (C=O) groups is 2. The molecule has 2 fully saturated rings. The smallest absolute Gasteiger partial charge is 0.245 e. The Bertz CT molecular complexity index is 922. The summed E-state index contributed by atoms with van der Waals surface area (Å²) >= 11 is 1.53. The van der Waals surface area contributed by atoms with Gasteiger partial charge in [0.15, 0.2) is 0 Å². The number of hydrogen-bond donors (Lipinski definition) is 1. The molecule has 7 nitrogen and oxygen atoms in total. The van der Waals surface area contributed by atoms with Crippen molar-refractivity contribution in [1.29, 1.82) is 0 Å². The second kappa shape index (κ2) is 6.59. The van der Waals surface area contributed by atoms with Crippen LogP contribution in [0.15, 0.2) is 23.8 Å². The number of thiophene rings is 1. The summed E-state index contributed by atoms with van der Waals surface area (Å²) in [6.07, 6.45) is 4.23. The molecule has 0 bridgehead atoms. The van der Waals surface area contributed by atoms with Crippen molar-refractivity contribution in [2.45, 2.75) is 18.5 Å². The molecule has 2 aromatic heterocycles. The number of amides is 2. The van der Waals surface area contributed by atoms with Gasteiger partial charge in [-0.25, -0.2) is 4.98 Å². The summed E-state index contributed by atoms with van der Waals surface area (Å²) in [5, 5.41) is 10.7. The van der Waals surface area contributed by atoms with Gasteiger partial charge in [-0.1, -0.05) is 11.8 Å². The van der Waals surface area contributed by atoms with Gasteiger partial charge in [0.1, 0.15) is 18.5 Å². The third-order valence-electron chi connectivity index (χ3n) is 4.83. The minimum Gasteiger partial charge on any atom is -0.384 e. The first kappa shape index (κ1) is 16.8. The molecule has 4 heterocycles. The van der Waals surface area contributed by atoms with Crippen molar-refractivity contribution in [3.8, 4) is 22.5 Å². The molecule has 0 spiro atoms. The van der Waals surface area contributed by atoms with Gasteiger partial charge >= 0.3 is 0 Å². The minimum absolute atomic E-state index is 0.000969. The Morgan fingerprint density at radius 2 is 2.27 bits per heavy atom. The first-order valence-corrected chi connectivity index (χ1v) is 9.22. The number of rotatable bonds is 2. The Morgan fingerprint density at radius 1 is 1.42 bits per heavy atom. The summed E-state index contributed by atoms with van der Waals surface area (Å²) in [7, 11) is 1.67. The molecular weight excluding hydrogens is 352 g/mol. The van der Waals surface area contributed by atoms with Crippen LogP contribution >= 0.6 is 11.3 Å². The van der Waals surface area contributed by atoms with Gasteiger partial charge in [-0.3, -0.25) is 9.59 Å². The first-order valence-electron chi connectivity index (χ1n) is 8.34. The molecule has 4 rings (SSSR count). The van der Waals surface area contributed by atoms with E-state index in [-0.39, 0.29) is 37.0 Å². The zero-order chi connectivity index (χ0) is 18.3. The van der Waals surface area contributed by atoms with Gasteiger partial charge in [-0.05, 0) is 12.5 Å². The van der Waals surface area contributed by atoms with Gasteiger partial charge in [-0.2, -0.15) is 0 Å². The van der Waals surface area contributed by atoms with Gasteiger partial charge in [0.25, 0.3) is 0 Å². The van der Waals surface area contributed by atoms with Crippen LogP contribution in [0.4, 0.5) is 0 Å². The number of fused-ring (bicyclic) bond motifs is 1. The standard InChI is InChI=1S/C18H18N4O3S/c1-20-10-16(24)22-9-13(8-14(22)18(20)25)21-5-4-19-17(21)15-7-12(11-26-15)3-2-6-23/h4-5,7,11,13-14,23H,6,8-10H2,1H3/t13-,14-/m0/s1. The van der Waals surface area contributed by atoms with Crippen molar-refractivity contribution >= 4 is 23.2 Å². The van der Waals surface area contributed by atoms with Crippen molar-refractivity contribution in [2.75, 3.05) is 26.7 Å². The van der Waals surface area contributed by atoms with Crippen LogP contribution < -0.4 is 0 Å². The van der Waals surface area contributed by atoms with E-state index in [1.54, 1.807) is 18.1 Å². The molecule has 0 aliphatic carbocycles. The van der Waals surface area contributed by atoms with Gasteiger partial charge in [0.2, 0.25) is 11.8 Å². The molecular formula is C18H18N4O3S. The second-order valence-corrected chi connectivity index (χ2v) is 7.37. The van der Waals surface area contributed by atoms with Crippen molar-refractivity contribution in [2.24, 2.45) is 0 Å². The predicted octanol–water partition coefficient (Wildman–Crippen LogP) is 0.569. The quantitative estimate of drug-likeness (QED) is 0.784. The SMILES string of the molecule is CN1CC(=O)N2C[C@@H](n3ccnc3-c3cc(C#CCO)cs3)C[C@H]2C1=O. The molecule has 2 atom stereocenters. The fourth-order valence-corrected chi connectivity index (χ4v) is 4.45. The van der Waals surface area contributed by atoms with E-state index in [9.17, 15) is 9.59 Å². The van der Waals surface area contributed by atoms with Gasteiger partial charge in [0, 0.05) is 36.9 Å². The van der Waals surface area contributed by atoms with E-state index in [4.69, 9.17) is 5.11 Å². The second-order valence-electron chi connectivity index (χ2n) is 6.46. The molecule has 1 N–H and O–H groups in total. The Balaban J connectivity index is 1.61. The normalized spacial score (nSPS) is 22.4. The molecule has 2 aliphatic heterocycles. The lowest BCUT2D eigenvalue weighted by molar-refractivity contribution is -0.152. The van der Waals surface area contributed by atoms with E-state index >= 15 is 0 Å². The Kier molecular flexibility index (Phi) is 4.26. The molecule has 0 saturated carbocycles. The number of piperazine rings is 1. The lowest BCUT2D eigenvalue weighted by Gasteiger charge is -2.33. The van der Waals surface area contributed by atoms with Crippen LogP contribution in [0.1, 0.15) is 18.0 Å². The molecule has 2 aromatic rings. The number of imidazole rings is 1. The largest absolute Gasteiger partial charge is 0.384 e. The van der Waals surface area contributed by atoms with Gasteiger partial charge in [0.05, 0.1) is 17.5 Å². The Hall–Kier alpha value is -2.63. The summed E-state index contributed by atoms with van der Waals surface area (Å²) in [6.45, 7) is 0.501. The zero-order valence-corrected chi connectivity index (χ0v) is 15.1. The maximum absolute atomic E-state index is 12.4. The molecule has 0 unspecified atom stereocenters. The highest BCUT2D eigenvalue weighted by atomic mass is 32.1. The van der Waals surface area contributed by atoms with Crippen LogP contribution in [-0.4, -0.2) is 69.1 Å². The molecule has 2 amide bonds. The number of likely N-dealkylation sites (N-methyl/N-ethyl adjacent to an activating group) is 1. The lowest BCUT2D eigenvalue weighted by atomic mass is 10.1. The van der Waals surface area contributed by atoms with E-state index in [0.29, 0.717) is 13.0 Å². The Labute approximate surface area is 154 Å². The topological polar surface area (TPSA) is 78.7 Å². The average molecular weight is 370 g/mol. The first-order chi connectivity index (χ1) is 12.6. The summed E-state index contributed by atoms with van der Waals surface area (Å²) in [5.74, 6) is 6.35. The van der Waals surface area contributed by atoms with Crippen LogP contribution in [0.3, 0.4) is 0 Å². The highest BCUT2D eigenvalue weighted by molar-refractivity contribution is 7.13. The summed E-state index contributed by atoms with van der Waals surface area (Å²) in [4.78, 5) is 33.3. The summed E-state index contributed by atoms with van der Waals surface area (Å²) < 4.78 is 2.05. The van der Waals surface area contributed by atoms with Gasteiger partial charge in [-0.15, -0.1) is 11.3 Å². The van der Waals surface area contributed by atoms with Crippen LogP contribution in [0.5, 0.6) is 0 Å². The number of nitrogens with zero attached hydrogens (tertiary/aromatic N) is 4. The van der Waals surface area contributed by atoms with Crippen molar-refractivity contribution < 1.29 is 14.7 Å². The van der Waals surface area contributed by atoms with Crippen LogP contribution in [0.2, 0.25) is 0 Å². The third kappa shape index (κ3) is 2.79. The van der Waals surface area contributed by atoms with E-state index in [0.717, 1.165) is 16.3 Å². The molecule has 2 aliphatic rings. The fraction of sp³-hybridized carbons (Fsp3) is 0.389. The molecule has 0 radical (unpaired) electrons. The molecule has 8 heteroatoms. The minimum atomic E-state index is -0.379. The van der Waals surface area contributed by atoms with Crippen molar-refractivity contribution in [3.05, 3.63) is 29.4 Å². The van der Waals surface area contributed by atoms with Crippen molar-refractivity contribution in [3.63, 3.8) is 0 Å². The maximum Gasteiger partial charge on any atom is 0.245 e. The molecule has 0 aromatic carbocycles. The number of aliphatic hydroxyl groups excluding tert-OH is 1. The highest BCUT2D eigenvalue weighted by Crippen LogP contribution is 2.35. The van der Waals surface area contributed by atoms with E-state index in [2.05, 4.69) is 16.8 Å². The molecule has 134 valence electrons. The van der Waals surface area contributed by atoms with E-state index < -0.39 is 0 Å². The number of carbonyl (C=O) groups excluding carboxylic acids is 2. The Morgan fingerprint density at radius 3 is 3.08 bits per heavy atom. The monoisotopic (exact) mass is 370 g/mol. The molecule has 2 saturated heterocycles. The van der Waals surface area contributed by atoms with Gasteiger partial charge < -0.3 is 19.5 Å². The predicted molar refractivity (Wildman–Crippen MR) is 96.3 cm³/mol. The van der Waals surface area contributed by atoms with Crippen LogP contribution in [-0.2, 0) is 9.59 Å². The zero-order valence-electron chi connectivity index (χ0n) is 14.3. The van der Waals surface area contributed by atoms with E-state index in [1.807, 2.05) is 22.2 Å². The number of hydrogen-bond acceptors (Lipinski definition) is 5. The lowest BCUT2D eigenvalue weighted by Crippen LogP contribution is -2.55. The maximum atomic E-state index is 12.4. The highest BCUT2D eigenvalue weighted by Gasteiger charge is 2.45. The number of aliphatic hydroxyl groups is 1. The summed E-state index contributed by atoms with van der Waals surface area (Å²) in [5.41, 5.74) is 0.837.